The molecule has 0 bridgehead atoms. The van der Waals surface area contributed by atoms with E-state index in [1.807, 2.05) is 12.1 Å². The van der Waals surface area contributed by atoms with Crippen molar-refractivity contribution in [3.05, 3.63) is 29.8 Å². The molecular weight excluding hydrogens is 172 g/mol. The molecule has 0 atom stereocenters. The molecule has 0 saturated heterocycles. The van der Waals surface area contributed by atoms with Crippen LogP contribution in [0.5, 0.6) is 0 Å². The number of benzene rings is 1. The van der Waals surface area contributed by atoms with Crippen molar-refractivity contribution < 1.29 is 8.42 Å². The molecule has 0 amide bonds. The van der Waals surface area contributed by atoms with Gasteiger partial charge in [0.25, 0.3) is 0 Å². The predicted octanol–water partition coefficient (Wildman–Crippen LogP) is 1.53. The minimum atomic E-state index is -2.41. The van der Waals surface area contributed by atoms with Crippen LogP contribution in [0, 0.1) is 0 Å². The molecule has 0 unspecified atom stereocenters. The second kappa shape index (κ2) is 2.90. The van der Waals surface area contributed by atoms with E-state index in [2.05, 4.69) is 0 Å². The third-order valence-electron chi connectivity index (χ3n) is 2.15. The van der Waals surface area contributed by atoms with E-state index in [0.717, 1.165) is 0 Å². The molecule has 3 heteroatoms. The molecule has 0 aromatic heterocycles. The van der Waals surface area contributed by atoms with Gasteiger partial charge in [-0.25, -0.2) is 8.42 Å². The SMILES string of the molecule is O=[SH](=O)c1ccc(C2CC2)cc1. The summed E-state index contributed by atoms with van der Waals surface area (Å²) in [5, 5.41) is 0. The first-order chi connectivity index (χ1) is 5.77. The predicted molar refractivity (Wildman–Crippen MR) is 47.0 cm³/mol. The Morgan fingerprint density at radius 1 is 1.08 bits per heavy atom. The summed E-state index contributed by atoms with van der Waals surface area (Å²) in [6.07, 6.45) is 2.51. The summed E-state index contributed by atoms with van der Waals surface area (Å²) in [4.78, 5) is 0.411. The Balaban J connectivity index is 2.30. The highest BCUT2D eigenvalue weighted by atomic mass is 32.2. The summed E-state index contributed by atoms with van der Waals surface area (Å²) in [7, 11) is -2.41. The Morgan fingerprint density at radius 2 is 1.67 bits per heavy atom. The molecule has 1 aromatic carbocycles. The van der Waals surface area contributed by atoms with Crippen molar-refractivity contribution in [1.29, 1.82) is 0 Å². The molecule has 1 aliphatic rings. The Bertz CT molecular complexity index is 339. The maximum Gasteiger partial charge on any atom is 0.168 e. The smallest absolute Gasteiger partial charge is 0.168 e. The lowest BCUT2D eigenvalue weighted by Crippen LogP contribution is -1.82. The van der Waals surface area contributed by atoms with Gasteiger partial charge < -0.3 is 0 Å². The average molecular weight is 182 g/mol. The molecule has 1 aliphatic carbocycles. The maximum atomic E-state index is 10.5. The van der Waals surface area contributed by atoms with Gasteiger partial charge in [-0.05, 0) is 36.5 Å². The van der Waals surface area contributed by atoms with Crippen molar-refractivity contribution in [2.75, 3.05) is 0 Å². The zero-order valence-corrected chi connectivity index (χ0v) is 7.46. The highest BCUT2D eigenvalue weighted by Crippen LogP contribution is 2.39. The molecule has 1 fully saturated rings. The molecule has 1 saturated carbocycles. The van der Waals surface area contributed by atoms with E-state index in [1.165, 1.54) is 18.4 Å². The van der Waals surface area contributed by atoms with Gasteiger partial charge in [0.05, 0.1) is 4.90 Å². The van der Waals surface area contributed by atoms with Crippen molar-refractivity contribution in [3.63, 3.8) is 0 Å². The Labute approximate surface area is 73.2 Å². The first kappa shape index (κ1) is 7.80. The zero-order chi connectivity index (χ0) is 8.55. The normalized spacial score (nSPS) is 16.8. The van der Waals surface area contributed by atoms with Crippen LogP contribution in [-0.2, 0) is 10.7 Å². The van der Waals surface area contributed by atoms with E-state index < -0.39 is 10.7 Å². The topological polar surface area (TPSA) is 34.1 Å². The van der Waals surface area contributed by atoms with Crippen LogP contribution in [0.25, 0.3) is 0 Å². The summed E-state index contributed by atoms with van der Waals surface area (Å²) in [6, 6.07) is 7.19. The van der Waals surface area contributed by atoms with Crippen LogP contribution >= 0.6 is 0 Å². The molecule has 64 valence electrons. The van der Waals surface area contributed by atoms with Gasteiger partial charge in [-0.1, -0.05) is 12.1 Å². The van der Waals surface area contributed by atoms with Crippen LogP contribution in [0.3, 0.4) is 0 Å². The fraction of sp³-hybridized carbons (Fsp3) is 0.333. The van der Waals surface area contributed by atoms with Crippen molar-refractivity contribution in [3.8, 4) is 0 Å². The lowest BCUT2D eigenvalue weighted by Gasteiger charge is -1.96. The highest BCUT2D eigenvalue weighted by Gasteiger charge is 2.22. The minimum absolute atomic E-state index is 0.411. The standard InChI is InChI=1S/C9H10O2S/c10-12(11)9-5-3-8(4-6-9)7-1-2-7/h3-7,12H,1-2H2. The second-order valence-electron chi connectivity index (χ2n) is 3.12. The fourth-order valence-corrected chi connectivity index (χ4v) is 1.68. The van der Waals surface area contributed by atoms with E-state index in [4.69, 9.17) is 0 Å². The summed E-state index contributed by atoms with van der Waals surface area (Å²) in [5.41, 5.74) is 1.27. The number of hydrogen-bond acceptors (Lipinski definition) is 2. The van der Waals surface area contributed by atoms with Crippen molar-refractivity contribution in [2.45, 2.75) is 23.7 Å². The lowest BCUT2D eigenvalue weighted by molar-refractivity contribution is 0.614. The molecule has 0 N–H and O–H groups in total. The number of rotatable bonds is 2. The third-order valence-corrected chi connectivity index (χ3v) is 2.87. The zero-order valence-electron chi connectivity index (χ0n) is 6.56. The van der Waals surface area contributed by atoms with Crippen molar-refractivity contribution >= 4 is 10.7 Å². The molecule has 0 spiro atoms. The van der Waals surface area contributed by atoms with Crippen LogP contribution in [0.4, 0.5) is 0 Å². The van der Waals surface area contributed by atoms with Crippen LogP contribution in [0.2, 0.25) is 0 Å². The van der Waals surface area contributed by atoms with Crippen LogP contribution < -0.4 is 0 Å². The second-order valence-corrected chi connectivity index (χ2v) is 4.15. The van der Waals surface area contributed by atoms with Gasteiger partial charge in [0.2, 0.25) is 0 Å². The van der Waals surface area contributed by atoms with Crippen LogP contribution in [-0.4, -0.2) is 8.42 Å². The molecule has 0 aliphatic heterocycles. The molecular formula is C9H10O2S. The van der Waals surface area contributed by atoms with E-state index in [9.17, 15) is 8.42 Å². The van der Waals surface area contributed by atoms with Gasteiger partial charge in [0.1, 0.15) is 0 Å². The maximum absolute atomic E-state index is 10.5. The molecule has 12 heavy (non-hydrogen) atoms. The molecule has 2 rings (SSSR count). The van der Waals surface area contributed by atoms with Gasteiger partial charge in [-0.3, -0.25) is 0 Å². The summed E-state index contributed by atoms with van der Waals surface area (Å²) in [5.74, 6) is 0.698. The van der Waals surface area contributed by atoms with Crippen molar-refractivity contribution in [2.24, 2.45) is 0 Å². The van der Waals surface area contributed by atoms with Crippen LogP contribution in [0.15, 0.2) is 29.2 Å². The van der Waals surface area contributed by atoms with E-state index in [-0.39, 0.29) is 0 Å². The minimum Gasteiger partial charge on any atom is -0.227 e. The first-order valence-electron chi connectivity index (χ1n) is 4.02. The van der Waals surface area contributed by atoms with E-state index in [0.29, 0.717) is 10.8 Å². The molecule has 0 heterocycles. The molecule has 1 aromatic rings. The molecule has 2 nitrogen and oxygen atoms in total. The number of hydrogen-bond donors (Lipinski definition) is 1. The Hall–Kier alpha value is -0.830. The summed E-state index contributed by atoms with van der Waals surface area (Å²) < 4.78 is 21.1. The molecule has 0 radical (unpaired) electrons. The monoisotopic (exact) mass is 182 g/mol. The van der Waals surface area contributed by atoms with Gasteiger partial charge in [-0.2, -0.15) is 0 Å². The van der Waals surface area contributed by atoms with Gasteiger partial charge in [-0.15, -0.1) is 0 Å². The third kappa shape index (κ3) is 1.50. The van der Waals surface area contributed by atoms with Crippen LogP contribution in [0.1, 0.15) is 24.3 Å². The van der Waals surface area contributed by atoms with Gasteiger partial charge >= 0.3 is 0 Å². The summed E-state index contributed by atoms with van der Waals surface area (Å²) >= 11 is 0. The Morgan fingerprint density at radius 3 is 2.08 bits per heavy atom. The van der Waals surface area contributed by atoms with Crippen molar-refractivity contribution in [1.82, 2.24) is 0 Å². The van der Waals surface area contributed by atoms with Gasteiger partial charge in [0, 0.05) is 0 Å². The Kier molecular flexibility index (Phi) is 1.89. The quantitative estimate of drug-likeness (QED) is 0.704. The highest BCUT2D eigenvalue weighted by molar-refractivity contribution is 7.72. The average Bonchev–Trinajstić information content (AvgIpc) is 2.87. The fourth-order valence-electron chi connectivity index (χ4n) is 1.28. The van der Waals surface area contributed by atoms with E-state index >= 15 is 0 Å². The summed E-state index contributed by atoms with van der Waals surface area (Å²) in [6.45, 7) is 0. The number of thiol groups is 1. The lowest BCUT2D eigenvalue weighted by atomic mass is 10.1. The van der Waals surface area contributed by atoms with E-state index in [1.54, 1.807) is 12.1 Å². The van der Waals surface area contributed by atoms with Gasteiger partial charge in [0.15, 0.2) is 10.7 Å². The largest absolute Gasteiger partial charge is 0.227 e. The first-order valence-corrected chi connectivity index (χ1v) is 5.19.